The number of hydrogen-bond donors (Lipinski definition) is 1. The van der Waals surface area contributed by atoms with Crippen LogP contribution in [0.4, 0.5) is 5.69 Å². The molecule has 1 aliphatic heterocycles. The zero-order valence-corrected chi connectivity index (χ0v) is 19.5. The maximum atomic E-state index is 13.6. The molecule has 2 atom stereocenters. The number of rotatable bonds is 6. The first-order valence-corrected chi connectivity index (χ1v) is 11.8. The average molecular weight is 445 g/mol. The molecular formula is C27H28N2O2S. The Bertz CT molecular complexity index is 1130. The van der Waals surface area contributed by atoms with E-state index in [1.165, 1.54) is 17.3 Å². The molecule has 1 heterocycles. The van der Waals surface area contributed by atoms with Gasteiger partial charge < -0.3 is 10.2 Å². The smallest absolute Gasteiger partial charge is 0.241 e. The third kappa shape index (κ3) is 4.73. The van der Waals surface area contributed by atoms with Crippen LogP contribution in [0.2, 0.25) is 0 Å². The van der Waals surface area contributed by atoms with Crippen molar-refractivity contribution in [1.29, 1.82) is 0 Å². The molecule has 3 aromatic carbocycles. The second kappa shape index (κ2) is 9.61. The summed E-state index contributed by atoms with van der Waals surface area (Å²) in [4.78, 5) is 29.5. The lowest BCUT2D eigenvalue weighted by atomic mass is 10.0. The molecule has 5 heteroatoms. The predicted octanol–water partition coefficient (Wildman–Crippen LogP) is 5.26. The van der Waals surface area contributed by atoms with E-state index >= 15 is 0 Å². The van der Waals surface area contributed by atoms with Crippen LogP contribution < -0.4 is 10.2 Å². The molecular weight excluding hydrogens is 416 g/mol. The summed E-state index contributed by atoms with van der Waals surface area (Å²) in [5, 5.41) is 2.53. The minimum Gasteiger partial charge on any atom is -0.352 e. The molecule has 2 amide bonds. The van der Waals surface area contributed by atoms with Gasteiger partial charge in [0.1, 0.15) is 5.25 Å². The number of para-hydroxylation sites is 1. The molecule has 0 fully saturated rings. The summed E-state index contributed by atoms with van der Waals surface area (Å²) >= 11 is 1.49. The highest BCUT2D eigenvalue weighted by atomic mass is 32.2. The normalized spacial score (nSPS) is 16.4. The van der Waals surface area contributed by atoms with E-state index in [1.54, 1.807) is 0 Å². The summed E-state index contributed by atoms with van der Waals surface area (Å²) in [6.07, 6.45) is 0. The van der Waals surface area contributed by atoms with Crippen LogP contribution in [0, 0.1) is 19.8 Å². The number of nitrogens with zero attached hydrogens (tertiary/aromatic N) is 1. The van der Waals surface area contributed by atoms with E-state index in [1.807, 2.05) is 66.4 Å². The summed E-state index contributed by atoms with van der Waals surface area (Å²) in [6.45, 7) is 6.94. The number of benzene rings is 3. The summed E-state index contributed by atoms with van der Waals surface area (Å²) < 4.78 is 0. The van der Waals surface area contributed by atoms with E-state index in [0.717, 1.165) is 27.3 Å². The van der Waals surface area contributed by atoms with E-state index in [-0.39, 0.29) is 11.8 Å². The molecule has 3 aromatic rings. The highest BCUT2D eigenvalue weighted by Crippen LogP contribution is 2.42. The van der Waals surface area contributed by atoms with Crippen molar-refractivity contribution < 1.29 is 9.59 Å². The van der Waals surface area contributed by atoms with Crippen LogP contribution in [0.15, 0.2) is 77.7 Å². The zero-order valence-electron chi connectivity index (χ0n) is 18.7. The fraction of sp³-hybridized carbons (Fsp3) is 0.259. The van der Waals surface area contributed by atoms with Gasteiger partial charge >= 0.3 is 0 Å². The van der Waals surface area contributed by atoms with Crippen molar-refractivity contribution in [2.75, 3.05) is 4.90 Å². The first-order chi connectivity index (χ1) is 15.4. The van der Waals surface area contributed by atoms with Crippen LogP contribution in [0.5, 0.6) is 0 Å². The summed E-state index contributed by atoms with van der Waals surface area (Å²) in [7, 11) is 0. The molecule has 0 unspecified atom stereocenters. The third-order valence-electron chi connectivity index (χ3n) is 5.93. The molecule has 0 aliphatic carbocycles. The number of aryl methyl sites for hydroxylation is 2. The van der Waals surface area contributed by atoms with Crippen molar-refractivity contribution in [3.63, 3.8) is 0 Å². The second-order valence-electron chi connectivity index (χ2n) is 8.35. The number of carbonyl (C=O) groups is 2. The van der Waals surface area contributed by atoms with E-state index in [0.29, 0.717) is 13.1 Å². The number of hydrogen-bond acceptors (Lipinski definition) is 3. The topological polar surface area (TPSA) is 49.4 Å². The van der Waals surface area contributed by atoms with Crippen LogP contribution in [0.3, 0.4) is 0 Å². The van der Waals surface area contributed by atoms with Crippen molar-refractivity contribution in [3.05, 3.63) is 95.1 Å². The van der Waals surface area contributed by atoms with Gasteiger partial charge in [-0.25, -0.2) is 0 Å². The van der Waals surface area contributed by atoms with E-state index in [9.17, 15) is 9.59 Å². The van der Waals surface area contributed by atoms with Gasteiger partial charge in [0.05, 0.1) is 18.2 Å². The summed E-state index contributed by atoms with van der Waals surface area (Å²) in [5.41, 5.74) is 5.40. The highest BCUT2D eigenvalue weighted by Gasteiger charge is 2.39. The number of nitrogens with one attached hydrogen (secondary N) is 1. The minimum absolute atomic E-state index is 0.0167. The molecule has 4 nitrogen and oxygen atoms in total. The molecule has 0 aromatic heterocycles. The SMILES string of the molecule is Cc1ccc(C)c(CN2C(=O)[C@H]([C@@H](C)C(=O)NCc3ccccc3)Sc3ccccc32)c1. The van der Waals surface area contributed by atoms with Crippen molar-refractivity contribution in [2.45, 2.75) is 44.0 Å². The van der Waals surface area contributed by atoms with Gasteiger partial charge in [0, 0.05) is 11.4 Å². The van der Waals surface area contributed by atoms with Crippen LogP contribution in [0.25, 0.3) is 0 Å². The Labute approximate surface area is 194 Å². The monoisotopic (exact) mass is 444 g/mol. The van der Waals surface area contributed by atoms with E-state index < -0.39 is 11.2 Å². The number of anilines is 1. The maximum absolute atomic E-state index is 13.6. The van der Waals surface area contributed by atoms with Crippen molar-refractivity contribution >= 4 is 29.3 Å². The number of thioether (sulfide) groups is 1. The van der Waals surface area contributed by atoms with Crippen LogP contribution in [-0.4, -0.2) is 17.1 Å². The molecule has 0 saturated carbocycles. The van der Waals surface area contributed by atoms with Gasteiger partial charge in [0.2, 0.25) is 11.8 Å². The lowest BCUT2D eigenvalue weighted by molar-refractivity contribution is -0.128. The fourth-order valence-corrected chi connectivity index (χ4v) is 5.23. The van der Waals surface area contributed by atoms with Crippen LogP contribution in [0.1, 0.15) is 29.2 Å². The summed E-state index contributed by atoms with van der Waals surface area (Å²) in [6, 6.07) is 24.1. The molecule has 1 N–H and O–H groups in total. The Kier molecular flexibility index (Phi) is 6.66. The van der Waals surface area contributed by atoms with Gasteiger partial charge in [-0.2, -0.15) is 0 Å². The van der Waals surface area contributed by atoms with Gasteiger partial charge in [-0.1, -0.05) is 73.2 Å². The lowest BCUT2D eigenvalue weighted by Gasteiger charge is -2.36. The number of carbonyl (C=O) groups excluding carboxylic acids is 2. The Hall–Kier alpha value is -3.05. The average Bonchev–Trinajstić information content (AvgIpc) is 2.81. The van der Waals surface area contributed by atoms with Gasteiger partial charge in [-0.05, 0) is 42.7 Å². The van der Waals surface area contributed by atoms with E-state index in [4.69, 9.17) is 0 Å². The van der Waals surface area contributed by atoms with E-state index in [2.05, 4.69) is 37.4 Å². The summed E-state index contributed by atoms with van der Waals surface area (Å²) in [5.74, 6) is -0.576. The highest BCUT2D eigenvalue weighted by molar-refractivity contribution is 8.01. The third-order valence-corrected chi connectivity index (χ3v) is 7.39. The first kappa shape index (κ1) is 22.2. The molecule has 164 valence electrons. The predicted molar refractivity (Wildman–Crippen MR) is 131 cm³/mol. The lowest BCUT2D eigenvalue weighted by Crippen LogP contribution is -2.47. The Morgan fingerprint density at radius 3 is 2.53 bits per heavy atom. The molecule has 1 aliphatic rings. The van der Waals surface area contributed by atoms with Gasteiger partial charge in [0.15, 0.2) is 0 Å². The minimum atomic E-state index is -0.467. The number of amides is 2. The van der Waals surface area contributed by atoms with Gasteiger partial charge in [-0.3, -0.25) is 9.59 Å². The largest absolute Gasteiger partial charge is 0.352 e. The molecule has 0 bridgehead atoms. The van der Waals surface area contributed by atoms with Gasteiger partial charge in [-0.15, -0.1) is 11.8 Å². The Morgan fingerprint density at radius 1 is 1.03 bits per heavy atom. The standard InChI is InChI=1S/C27H28N2O2S/c1-18-13-14-19(2)22(15-18)17-29-23-11-7-8-12-24(23)32-25(27(29)31)20(3)26(30)28-16-21-9-5-4-6-10-21/h4-15,20,25H,16-17H2,1-3H3,(H,28,30)/t20-,25+/m1/s1. The molecule has 32 heavy (non-hydrogen) atoms. The van der Waals surface area contributed by atoms with Crippen molar-refractivity contribution in [2.24, 2.45) is 5.92 Å². The molecule has 0 spiro atoms. The second-order valence-corrected chi connectivity index (χ2v) is 9.54. The fourth-order valence-electron chi connectivity index (χ4n) is 3.94. The maximum Gasteiger partial charge on any atom is 0.241 e. The number of fused-ring (bicyclic) bond motifs is 1. The Morgan fingerprint density at radius 2 is 1.75 bits per heavy atom. The first-order valence-electron chi connectivity index (χ1n) is 10.9. The van der Waals surface area contributed by atoms with Crippen molar-refractivity contribution in [3.8, 4) is 0 Å². The van der Waals surface area contributed by atoms with Crippen LogP contribution in [-0.2, 0) is 22.7 Å². The Balaban J connectivity index is 1.56. The quantitative estimate of drug-likeness (QED) is 0.564. The van der Waals surface area contributed by atoms with Crippen molar-refractivity contribution in [1.82, 2.24) is 5.32 Å². The van der Waals surface area contributed by atoms with Gasteiger partial charge in [0.25, 0.3) is 0 Å². The molecule has 0 saturated heterocycles. The van der Waals surface area contributed by atoms with Crippen LogP contribution >= 0.6 is 11.8 Å². The molecule has 4 rings (SSSR count). The zero-order chi connectivity index (χ0) is 22.7. The molecule has 0 radical (unpaired) electrons.